The first kappa shape index (κ1) is 21.7. The van der Waals surface area contributed by atoms with Crippen molar-refractivity contribution in [1.29, 1.82) is 0 Å². The number of piperazine rings is 1. The Bertz CT molecular complexity index is 487. The van der Waals surface area contributed by atoms with E-state index in [0.29, 0.717) is 51.8 Å². The van der Waals surface area contributed by atoms with Gasteiger partial charge >= 0.3 is 6.18 Å². The zero-order valence-corrected chi connectivity index (χ0v) is 15.9. The number of hydrogen-bond donors (Lipinski definition) is 1. The molecule has 2 heterocycles. The molecule has 0 bridgehead atoms. The second-order valence-electron chi connectivity index (χ2n) is 6.80. The van der Waals surface area contributed by atoms with Crippen LogP contribution in [-0.2, 0) is 9.53 Å². The number of amides is 1. The molecule has 0 spiro atoms. The van der Waals surface area contributed by atoms with Crippen LogP contribution in [0.25, 0.3) is 0 Å². The molecule has 2 fully saturated rings. The molecule has 2 aliphatic rings. The van der Waals surface area contributed by atoms with E-state index in [1.54, 1.807) is 7.05 Å². The molecule has 10 heteroatoms. The number of morpholine rings is 1. The van der Waals surface area contributed by atoms with Crippen molar-refractivity contribution in [2.75, 3.05) is 72.6 Å². The average Bonchev–Trinajstić information content (AvgIpc) is 2.65. The fourth-order valence-corrected chi connectivity index (χ4v) is 3.20. The highest BCUT2D eigenvalue weighted by Crippen LogP contribution is 2.21. The molecule has 2 rings (SSSR count). The monoisotopic (exact) mass is 393 g/mol. The third kappa shape index (κ3) is 7.92. The fraction of sp³-hybridized carbons (Fsp3) is 0.882. The lowest BCUT2D eigenvalue weighted by Crippen LogP contribution is -2.55. The summed E-state index contributed by atoms with van der Waals surface area (Å²) in [6.45, 7) is 6.38. The van der Waals surface area contributed by atoms with E-state index >= 15 is 0 Å². The van der Waals surface area contributed by atoms with Crippen LogP contribution < -0.4 is 5.32 Å². The number of halogens is 3. The van der Waals surface area contributed by atoms with E-state index in [1.165, 1.54) is 0 Å². The standard InChI is InChI=1S/C17H30F3N5O2/c1-21-16(22-5-3-2-4-17(18,19)20)25-8-6-23(7-9-25)14-15(26)24-10-12-27-13-11-24/h2-14H2,1H3,(H,21,22). The molecule has 0 unspecified atom stereocenters. The minimum Gasteiger partial charge on any atom is -0.378 e. The maximum Gasteiger partial charge on any atom is 0.389 e. The first-order chi connectivity index (χ1) is 12.9. The summed E-state index contributed by atoms with van der Waals surface area (Å²) in [4.78, 5) is 22.6. The number of aliphatic imine (C=N–C) groups is 1. The van der Waals surface area contributed by atoms with Crippen LogP contribution in [-0.4, -0.2) is 105 Å². The van der Waals surface area contributed by atoms with Crippen LogP contribution in [0.3, 0.4) is 0 Å². The van der Waals surface area contributed by atoms with Crippen molar-refractivity contribution in [3.05, 3.63) is 0 Å². The molecule has 2 saturated heterocycles. The number of nitrogens with one attached hydrogen (secondary N) is 1. The first-order valence-corrected chi connectivity index (χ1v) is 9.49. The van der Waals surface area contributed by atoms with Crippen LogP contribution >= 0.6 is 0 Å². The Morgan fingerprint density at radius 3 is 2.30 bits per heavy atom. The Kier molecular flexibility index (Phi) is 8.62. The Balaban J connectivity index is 1.65. The number of hydrogen-bond acceptors (Lipinski definition) is 4. The first-order valence-electron chi connectivity index (χ1n) is 9.49. The van der Waals surface area contributed by atoms with Gasteiger partial charge in [-0.1, -0.05) is 0 Å². The number of ether oxygens (including phenoxy) is 1. The van der Waals surface area contributed by atoms with Gasteiger partial charge in [0.25, 0.3) is 0 Å². The summed E-state index contributed by atoms with van der Waals surface area (Å²) in [5.74, 6) is 0.847. The predicted molar refractivity (Wildman–Crippen MR) is 96.7 cm³/mol. The van der Waals surface area contributed by atoms with Gasteiger partial charge in [-0.25, -0.2) is 0 Å². The van der Waals surface area contributed by atoms with Gasteiger partial charge in [0.2, 0.25) is 5.91 Å². The van der Waals surface area contributed by atoms with Crippen LogP contribution in [0.15, 0.2) is 4.99 Å². The van der Waals surface area contributed by atoms with Crippen molar-refractivity contribution in [2.24, 2.45) is 4.99 Å². The maximum atomic E-state index is 12.3. The second kappa shape index (κ2) is 10.7. The lowest BCUT2D eigenvalue weighted by Gasteiger charge is -2.37. The molecule has 7 nitrogen and oxygen atoms in total. The van der Waals surface area contributed by atoms with Crippen LogP contribution in [0.1, 0.15) is 19.3 Å². The largest absolute Gasteiger partial charge is 0.389 e. The number of unbranched alkanes of at least 4 members (excludes halogenated alkanes) is 1. The quantitative estimate of drug-likeness (QED) is 0.410. The summed E-state index contributed by atoms with van der Waals surface area (Å²) in [5.41, 5.74) is 0. The highest BCUT2D eigenvalue weighted by atomic mass is 19.4. The van der Waals surface area contributed by atoms with E-state index in [9.17, 15) is 18.0 Å². The predicted octanol–water partition coefficient (Wildman–Crippen LogP) is 0.771. The van der Waals surface area contributed by atoms with Gasteiger partial charge in [-0.2, -0.15) is 13.2 Å². The molecular formula is C17H30F3N5O2. The van der Waals surface area contributed by atoms with Crippen LogP contribution in [0.5, 0.6) is 0 Å². The van der Waals surface area contributed by atoms with Gasteiger partial charge in [0, 0.05) is 59.3 Å². The summed E-state index contributed by atoms with van der Waals surface area (Å²) >= 11 is 0. The summed E-state index contributed by atoms with van der Waals surface area (Å²) in [6.07, 6.45) is -4.27. The van der Waals surface area contributed by atoms with Gasteiger partial charge in [-0.3, -0.25) is 14.7 Å². The zero-order valence-electron chi connectivity index (χ0n) is 15.9. The summed E-state index contributed by atoms with van der Waals surface area (Å²) in [6, 6.07) is 0. The molecule has 0 aromatic heterocycles. The Morgan fingerprint density at radius 1 is 1.04 bits per heavy atom. The molecule has 0 aromatic rings. The van der Waals surface area contributed by atoms with Crippen molar-refractivity contribution >= 4 is 11.9 Å². The minimum absolute atomic E-state index is 0.116. The second-order valence-corrected chi connectivity index (χ2v) is 6.80. The molecule has 27 heavy (non-hydrogen) atoms. The van der Waals surface area contributed by atoms with Gasteiger partial charge in [0.1, 0.15) is 0 Å². The molecule has 156 valence electrons. The molecule has 2 aliphatic heterocycles. The van der Waals surface area contributed by atoms with Crippen molar-refractivity contribution in [1.82, 2.24) is 20.0 Å². The SMILES string of the molecule is CN=C(NCCCCC(F)(F)F)N1CCN(CC(=O)N2CCOCC2)CC1. The molecule has 1 N–H and O–H groups in total. The zero-order chi connectivity index (χ0) is 19.7. The molecule has 0 aliphatic carbocycles. The lowest BCUT2D eigenvalue weighted by molar-refractivity contribution is -0.137. The third-order valence-corrected chi connectivity index (χ3v) is 4.78. The molecule has 0 aromatic carbocycles. The fourth-order valence-electron chi connectivity index (χ4n) is 3.20. The summed E-state index contributed by atoms with van der Waals surface area (Å²) in [7, 11) is 1.67. The van der Waals surface area contributed by atoms with Crippen molar-refractivity contribution < 1.29 is 22.7 Å². The number of carbonyl (C=O) groups excluding carboxylic acids is 1. The van der Waals surface area contributed by atoms with Crippen LogP contribution in [0, 0.1) is 0 Å². The smallest absolute Gasteiger partial charge is 0.378 e. The van der Waals surface area contributed by atoms with Crippen molar-refractivity contribution in [3.63, 3.8) is 0 Å². The van der Waals surface area contributed by atoms with E-state index in [4.69, 9.17) is 4.74 Å². The number of carbonyl (C=O) groups is 1. The molecule has 1 amide bonds. The van der Waals surface area contributed by atoms with Gasteiger partial charge in [0.15, 0.2) is 5.96 Å². The number of nitrogens with zero attached hydrogens (tertiary/aromatic N) is 4. The molecular weight excluding hydrogens is 363 g/mol. The van der Waals surface area contributed by atoms with E-state index in [0.717, 1.165) is 26.2 Å². The molecule has 0 radical (unpaired) electrons. The van der Waals surface area contributed by atoms with Gasteiger partial charge < -0.3 is 19.9 Å². The molecule has 0 atom stereocenters. The van der Waals surface area contributed by atoms with Crippen LogP contribution in [0.2, 0.25) is 0 Å². The Labute approximate surface area is 158 Å². The number of alkyl halides is 3. The minimum atomic E-state index is -4.09. The Hall–Kier alpha value is -1.55. The summed E-state index contributed by atoms with van der Waals surface area (Å²) in [5, 5.41) is 3.13. The number of guanidine groups is 1. The van der Waals surface area contributed by atoms with Gasteiger partial charge in [-0.15, -0.1) is 0 Å². The highest BCUT2D eigenvalue weighted by Gasteiger charge is 2.26. The Morgan fingerprint density at radius 2 is 1.70 bits per heavy atom. The highest BCUT2D eigenvalue weighted by molar-refractivity contribution is 5.80. The lowest BCUT2D eigenvalue weighted by atomic mass is 10.2. The summed E-state index contributed by atoms with van der Waals surface area (Å²) < 4.78 is 41.7. The third-order valence-electron chi connectivity index (χ3n) is 4.78. The van der Waals surface area contributed by atoms with Gasteiger partial charge in [0.05, 0.1) is 19.8 Å². The van der Waals surface area contributed by atoms with Crippen LogP contribution in [0.4, 0.5) is 13.2 Å². The van der Waals surface area contributed by atoms with E-state index in [1.807, 2.05) is 4.90 Å². The molecule has 0 saturated carbocycles. The van der Waals surface area contributed by atoms with Crippen molar-refractivity contribution in [3.8, 4) is 0 Å². The van der Waals surface area contributed by atoms with Gasteiger partial charge in [-0.05, 0) is 12.8 Å². The average molecular weight is 393 g/mol. The maximum absolute atomic E-state index is 12.3. The van der Waals surface area contributed by atoms with E-state index in [2.05, 4.69) is 20.1 Å². The topological polar surface area (TPSA) is 60.4 Å². The normalized spacial score (nSPS) is 20.1. The van der Waals surface area contributed by atoms with E-state index in [-0.39, 0.29) is 12.3 Å². The van der Waals surface area contributed by atoms with E-state index < -0.39 is 12.6 Å². The number of rotatable bonds is 6. The van der Waals surface area contributed by atoms with Crippen molar-refractivity contribution in [2.45, 2.75) is 25.4 Å².